The highest BCUT2D eigenvalue weighted by Gasteiger charge is 2.08. The smallest absolute Gasteiger partial charge is 0.319 e. The fraction of sp³-hybridized carbons (Fsp3) is 0.278. The normalized spacial score (nSPS) is 11.3. The van der Waals surface area contributed by atoms with Crippen molar-refractivity contribution in [1.29, 1.82) is 0 Å². The van der Waals surface area contributed by atoms with Crippen molar-refractivity contribution in [3.8, 4) is 0 Å². The van der Waals surface area contributed by atoms with Crippen molar-refractivity contribution in [2.75, 3.05) is 5.32 Å². The molecule has 0 saturated heterocycles. The van der Waals surface area contributed by atoms with Crippen molar-refractivity contribution in [2.45, 2.75) is 26.8 Å². The maximum Gasteiger partial charge on any atom is 0.319 e. The van der Waals surface area contributed by atoms with Gasteiger partial charge < -0.3 is 15.2 Å². The third-order valence-corrected chi connectivity index (χ3v) is 3.48. The number of amides is 3. The van der Waals surface area contributed by atoms with Crippen LogP contribution in [-0.4, -0.2) is 28.3 Å². The monoisotopic (exact) mass is 341 g/mol. The minimum absolute atomic E-state index is 0.0708. The van der Waals surface area contributed by atoms with E-state index in [2.05, 4.69) is 21.2 Å². The van der Waals surface area contributed by atoms with Crippen LogP contribution in [0.5, 0.6) is 0 Å². The first kappa shape index (κ1) is 18.3. The average Bonchev–Trinajstić information content (AvgIpc) is 2.98. The van der Waals surface area contributed by atoms with Crippen LogP contribution in [0.3, 0.4) is 0 Å². The molecule has 0 aliphatic carbocycles. The van der Waals surface area contributed by atoms with Gasteiger partial charge in [-0.2, -0.15) is 5.10 Å². The SMILES string of the molecule is C/C(=N\NC(=O)c1cccn1C)c1ccc(NC(=O)NC(C)C)cc1. The van der Waals surface area contributed by atoms with Crippen molar-refractivity contribution in [3.05, 3.63) is 53.9 Å². The highest BCUT2D eigenvalue weighted by Crippen LogP contribution is 2.10. The maximum absolute atomic E-state index is 12.0. The van der Waals surface area contributed by atoms with E-state index in [-0.39, 0.29) is 18.0 Å². The van der Waals surface area contributed by atoms with Gasteiger partial charge in [-0.3, -0.25) is 4.79 Å². The predicted molar refractivity (Wildman–Crippen MR) is 98.8 cm³/mol. The maximum atomic E-state index is 12.0. The second-order valence-electron chi connectivity index (χ2n) is 5.97. The van der Waals surface area contributed by atoms with Crippen molar-refractivity contribution >= 4 is 23.3 Å². The molecular formula is C18H23N5O2. The molecule has 132 valence electrons. The first-order chi connectivity index (χ1) is 11.9. The lowest BCUT2D eigenvalue weighted by Crippen LogP contribution is -2.34. The lowest BCUT2D eigenvalue weighted by Gasteiger charge is -2.10. The van der Waals surface area contributed by atoms with E-state index in [0.29, 0.717) is 17.1 Å². The van der Waals surface area contributed by atoms with Crippen LogP contribution in [-0.2, 0) is 7.05 Å². The van der Waals surface area contributed by atoms with Crippen molar-refractivity contribution in [1.82, 2.24) is 15.3 Å². The van der Waals surface area contributed by atoms with Crippen molar-refractivity contribution in [3.63, 3.8) is 0 Å². The number of hydrogen-bond donors (Lipinski definition) is 3. The van der Waals surface area contributed by atoms with Gasteiger partial charge in [0, 0.05) is 25.0 Å². The van der Waals surface area contributed by atoms with Crippen LogP contribution in [0.25, 0.3) is 0 Å². The summed E-state index contributed by atoms with van der Waals surface area (Å²) >= 11 is 0. The number of urea groups is 1. The van der Waals surface area contributed by atoms with Gasteiger partial charge in [0.15, 0.2) is 0 Å². The van der Waals surface area contributed by atoms with Gasteiger partial charge in [0.2, 0.25) is 0 Å². The summed E-state index contributed by atoms with van der Waals surface area (Å²) < 4.78 is 1.73. The standard InChI is InChI=1S/C18H23N5O2/c1-12(2)19-18(25)20-15-9-7-14(8-10-15)13(3)21-22-17(24)16-6-5-11-23(16)4/h5-12H,1-4H3,(H,22,24)(H2,19,20,25)/b21-13+. The Hall–Kier alpha value is -3.09. The van der Waals surface area contributed by atoms with Crippen LogP contribution in [0, 0.1) is 0 Å². The van der Waals surface area contributed by atoms with E-state index in [1.54, 1.807) is 49.0 Å². The number of aryl methyl sites for hydroxylation is 1. The molecule has 1 aromatic carbocycles. The van der Waals surface area contributed by atoms with Gasteiger partial charge in [-0.15, -0.1) is 0 Å². The van der Waals surface area contributed by atoms with Crippen LogP contribution in [0.15, 0.2) is 47.7 Å². The molecule has 25 heavy (non-hydrogen) atoms. The van der Waals surface area contributed by atoms with Gasteiger partial charge in [0.05, 0.1) is 5.71 Å². The minimum Gasteiger partial charge on any atom is -0.347 e. The summed E-state index contributed by atoms with van der Waals surface area (Å²) in [5.41, 5.74) is 5.27. The first-order valence-electron chi connectivity index (χ1n) is 8.00. The van der Waals surface area contributed by atoms with E-state index in [1.165, 1.54) is 0 Å². The summed E-state index contributed by atoms with van der Waals surface area (Å²) in [4.78, 5) is 23.7. The molecule has 0 unspecified atom stereocenters. The topological polar surface area (TPSA) is 87.5 Å². The van der Waals surface area contributed by atoms with Gasteiger partial charge >= 0.3 is 6.03 Å². The second kappa shape index (κ2) is 8.14. The van der Waals surface area contributed by atoms with Crippen LogP contribution in [0.4, 0.5) is 10.5 Å². The van der Waals surface area contributed by atoms with E-state index in [4.69, 9.17) is 0 Å². The number of nitrogens with one attached hydrogen (secondary N) is 3. The first-order valence-corrected chi connectivity index (χ1v) is 8.00. The molecule has 0 aliphatic heterocycles. The van der Waals surface area contributed by atoms with Gasteiger partial charge in [-0.25, -0.2) is 10.2 Å². The van der Waals surface area contributed by atoms with Gasteiger partial charge in [-0.05, 0) is 50.6 Å². The van der Waals surface area contributed by atoms with Gasteiger partial charge in [-0.1, -0.05) is 12.1 Å². The third-order valence-electron chi connectivity index (χ3n) is 3.48. The van der Waals surface area contributed by atoms with E-state index < -0.39 is 0 Å². The number of anilines is 1. The Morgan fingerprint density at radius 1 is 1.12 bits per heavy atom. The van der Waals surface area contributed by atoms with Crippen LogP contribution in [0.2, 0.25) is 0 Å². The molecule has 7 heteroatoms. The Kier molecular flexibility index (Phi) is 5.94. The Morgan fingerprint density at radius 2 is 1.80 bits per heavy atom. The number of carbonyl (C=O) groups excluding carboxylic acids is 2. The molecule has 2 aromatic rings. The van der Waals surface area contributed by atoms with Crippen LogP contribution in [0.1, 0.15) is 36.8 Å². The summed E-state index contributed by atoms with van der Waals surface area (Å²) in [6.45, 7) is 5.59. The highest BCUT2D eigenvalue weighted by molar-refractivity contribution is 6.01. The molecule has 1 heterocycles. The number of benzene rings is 1. The molecule has 0 radical (unpaired) electrons. The molecule has 1 aromatic heterocycles. The van der Waals surface area contributed by atoms with Crippen LogP contribution >= 0.6 is 0 Å². The molecule has 2 rings (SSSR count). The van der Waals surface area contributed by atoms with Gasteiger partial charge in [0.25, 0.3) is 5.91 Å². The Labute approximate surface area is 147 Å². The van der Waals surface area contributed by atoms with E-state index in [0.717, 1.165) is 5.56 Å². The van der Waals surface area contributed by atoms with E-state index in [1.807, 2.05) is 26.0 Å². The second-order valence-corrected chi connectivity index (χ2v) is 5.97. The summed E-state index contributed by atoms with van der Waals surface area (Å²) in [5.74, 6) is -0.268. The van der Waals surface area contributed by atoms with E-state index in [9.17, 15) is 9.59 Å². The molecule has 0 spiro atoms. The molecule has 0 aliphatic rings. The summed E-state index contributed by atoms with van der Waals surface area (Å²) in [5, 5.41) is 9.63. The minimum atomic E-state index is -0.268. The number of rotatable bonds is 5. The van der Waals surface area contributed by atoms with Crippen molar-refractivity contribution < 1.29 is 9.59 Å². The number of aromatic nitrogens is 1. The number of nitrogens with zero attached hydrogens (tertiary/aromatic N) is 2. The molecule has 3 N–H and O–H groups in total. The molecular weight excluding hydrogens is 318 g/mol. The van der Waals surface area contributed by atoms with E-state index >= 15 is 0 Å². The van der Waals surface area contributed by atoms with Gasteiger partial charge in [0.1, 0.15) is 5.69 Å². The molecule has 3 amide bonds. The largest absolute Gasteiger partial charge is 0.347 e. The van der Waals surface area contributed by atoms with Crippen LogP contribution < -0.4 is 16.1 Å². The highest BCUT2D eigenvalue weighted by atomic mass is 16.2. The lowest BCUT2D eigenvalue weighted by molar-refractivity contribution is 0.0946. The zero-order valence-corrected chi connectivity index (χ0v) is 14.8. The number of hydrazone groups is 1. The fourth-order valence-corrected chi connectivity index (χ4v) is 2.18. The quantitative estimate of drug-likeness (QED) is 0.577. The Morgan fingerprint density at radius 3 is 2.36 bits per heavy atom. The van der Waals surface area contributed by atoms with Crippen molar-refractivity contribution in [2.24, 2.45) is 12.1 Å². The average molecular weight is 341 g/mol. The number of carbonyl (C=O) groups is 2. The zero-order valence-electron chi connectivity index (χ0n) is 14.8. The summed E-state index contributed by atoms with van der Waals surface area (Å²) in [6, 6.07) is 10.6. The predicted octanol–water partition coefficient (Wildman–Crippen LogP) is 2.71. The fourth-order valence-electron chi connectivity index (χ4n) is 2.18. The molecule has 0 atom stereocenters. The molecule has 0 bridgehead atoms. The third kappa shape index (κ3) is 5.20. The molecule has 0 fully saturated rings. The molecule has 0 saturated carbocycles. The lowest BCUT2D eigenvalue weighted by atomic mass is 10.1. The Bertz CT molecular complexity index is 775. The Balaban J connectivity index is 1.97. The summed E-state index contributed by atoms with van der Waals surface area (Å²) in [6.07, 6.45) is 1.80. The summed E-state index contributed by atoms with van der Waals surface area (Å²) in [7, 11) is 1.80. The number of hydrogen-bond acceptors (Lipinski definition) is 3. The molecule has 7 nitrogen and oxygen atoms in total. The zero-order chi connectivity index (χ0) is 18.4.